The second-order valence-electron chi connectivity index (χ2n) is 8.30. The monoisotopic (exact) mass is 395 g/mol. The molecule has 1 aromatic rings. The highest BCUT2D eigenvalue weighted by atomic mass is 16.5. The number of hydrogen-bond donors (Lipinski definition) is 1. The maximum atomic E-state index is 13.0. The third-order valence-corrected chi connectivity index (χ3v) is 6.38. The van der Waals surface area contributed by atoms with Crippen LogP contribution < -0.4 is 10.1 Å². The van der Waals surface area contributed by atoms with Gasteiger partial charge >= 0.3 is 5.97 Å². The molecule has 1 aromatic carbocycles. The van der Waals surface area contributed by atoms with Gasteiger partial charge in [0.1, 0.15) is 11.9 Å². The van der Waals surface area contributed by atoms with Gasteiger partial charge in [-0.05, 0) is 50.7 Å². The number of esters is 1. The van der Waals surface area contributed by atoms with Crippen LogP contribution in [0.1, 0.15) is 69.8 Å². The Morgan fingerprint density at radius 2 is 1.86 bits per heavy atom. The molecule has 29 heavy (non-hydrogen) atoms. The molecule has 1 aliphatic heterocycles. The van der Waals surface area contributed by atoms with Crippen molar-refractivity contribution in [3.63, 3.8) is 0 Å². The van der Waals surface area contributed by atoms with Gasteiger partial charge in [-0.15, -0.1) is 0 Å². The molecule has 5 nitrogen and oxygen atoms in total. The number of ketones is 1. The second-order valence-corrected chi connectivity index (χ2v) is 8.30. The summed E-state index contributed by atoms with van der Waals surface area (Å²) in [7, 11) is 1.66. The van der Waals surface area contributed by atoms with Gasteiger partial charge < -0.3 is 14.8 Å². The Kier molecular flexibility index (Phi) is 5.74. The first-order chi connectivity index (χ1) is 14.1. The highest BCUT2D eigenvalue weighted by Gasteiger charge is 2.35. The van der Waals surface area contributed by atoms with Crippen molar-refractivity contribution >= 4 is 11.8 Å². The zero-order valence-electron chi connectivity index (χ0n) is 17.3. The van der Waals surface area contributed by atoms with Crippen LogP contribution in [0.25, 0.3) is 0 Å². The predicted octanol–water partition coefficient (Wildman–Crippen LogP) is 4.54. The summed E-state index contributed by atoms with van der Waals surface area (Å²) in [6.45, 7) is 1.90. The van der Waals surface area contributed by atoms with Crippen LogP contribution >= 0.6 is 0 Å². The number of hydrogen-bond acceptors (Lipinski definition) is 5. The number of allylic oxidation sites excluding steroid dienone is 3. The largest absolute Gasteiger partial charge is 0.496 e. The van der Waals surface area contributed by atoms with E-state index in [1.54, 1.807) is 7.11 Å². The Morgan fingerprint density at radius 3 is 2.62 bits per heavy atom. The topological polar surface area (TPSA) is 64.6 Å². The fourth-order valence-corrected chi connectivity index (χ4v) is 4.75. The zero-order valence-corrected chi connectivity index (χ0v) is 17.3. The zero-order chi connectivity index (χ0) is 20.4. The maximum Gasteiger partial charge on any atom is 0.336 e. The van der Waals surface area contributed by atoms with E-state index in [4.69, 9.17) is 9.47 Å². The Balaban J connectivity index is 1.49. The van der Waals surface area contributed by atoms with E-state index in [0.29, 0.717) is 18.4 Å². The molecule has 154 valence electrons. The van der Waals surface area contributed by atoms with Crippen molar-refractivity contribution in [2.45, 2.75) is 70.3 Å². The molecular weight excluding hydrogens is 366 g/mol. The molecule has 1 heterocycles. The first-order valence-corrected chi connectivity index (χ1v) is 10.6. The number of para-hydroxylation sites is 1. The fourth-order valence-electron chi connectivity index (χ4n) is 4.75. The predicted molar refractivity (Wildman–Crippen MR) is 110 cm³/mol. The molecule has 1 unspecified atom stereocenters. The van der Waals surface area contributed by atoms with Gasteiger partial charge in [0.2, 0.25) is 0 Å². The molecule has 1 N–H and O–H groups in total. The fraction of sp³-hybridized carbons (Fsp3) is 0.500. The standard InChI is InChI=1S/C24H29NO4/c1-15-19(24(27)29-17-8-4-3-5-9-17)14-20-21(25-15)12-16(13-22(20)26)18-10-6-7-11-23(18)28-2/h6-7,10-11,16-17,25H,3-5,8-9,12-14H2,1-2H3. The summed E-state index contributed by atoms with van der Waals surface area (Å²) < 4.78 is 11.2. The number of dihydropyridines is 1. The lowest BCUT2D eigenvalue weighted by molar-refractivity contribution is -0.145. The van der Waals surface area contributed by atoms with Gasteiger partial charge in [0.05, 0.1) is 12.7 Å². The maximum absolute atomic E-state index is 13.0. The number of Topliss-reactive ketones (excluding diaryl/α,β-unsaturated/α-hetero) is 1. The summed E-state index contributed by atoms with van der Waals surface area (Å²) in [4.78, 5) is 25.7. The molecule has 1 atom stereocenters. The number of rotatable bonds is 4. The minimum Gasteiger partial charge on any atom is -0.496 e. The molecule has 3 aliphatic rings. The molecule has 2 aliphatic carbocycles. The second kappa shape index (κ2) is 8.44. The molecule has 5 heteroatoms. The Morgan fingerprint density at radius 1 is 1.10 bits per heavy atom. The molecule has 0 aromatic heterocycles. The van der Waals surface area contributed by atoms with Crippen molar-refractivity contribution < 1.29 is 19.1 Å². The van der Waals surface area contributed by atoms with Crippen molar-refractivity contribution in [1.29, 1.82) is 0 Å². The van der Waals surface area contributed by atoms with E-state index < -0.39 is 0 Å². The van der Waals surface area contributed by atoms with Crippen LogP contribution in [0, 0.1) is 0 Å². The molecule has 4 rings (SSSR count). The molecule has 0 amide bonds. The van der Waals surface area contributed by atoms with Crippen LogP contribution in [0.15, 0.2) is 46.8 Å². The van der Waals surface area contributed by atoms with Gasteiger partial charge in [-0.1, -0.05) is 24.6 Å². The number of benzene rings is 1. The number of nitrogens with one attached hydrogen (secondary N) is 1. The van der Waals surface area contributed by atoms with Gasteiger partial charge in [0.15, 0.2) is 5.78 Å². The van der Waals surface area contributed by atoms with Crippen LogP contribution in [-0.4, -0.2) is 25.0 Å². The van der Waals surface area contributed by atoms with Gasteiger partial charge in [-0.2, -0.15) is 0 Å². The van der Waals surface area contributed by atoms with Gasteiger partial charge in [-0.3, -0.25) is 4.79 Å². The number of carbonyl (C=O) groups is 2. The lowest BCUT2D eigenvalue weighted by atomic mass is 9.78. The molecule has 0 radical (unpaired) electrons. The minimum absolute atomic E-state index is 0.0175. The lowest BCUT2D eigenvalue weighted by Crippen LogP contribution is -2.32. The number of ether oxygens (including phenoxy) is 2. The Labute approximate surface area is 172 Å². The van der Waals surface area contributed by atoms with Crippen LogP contribution in [-0.2, 0) is 14.3 Å². The molecular formula is C24H29NO4. The molecule has 1 saturated carbocycles. The van der Waals surface area contributed by atoms with Gasteiger partial charge in [0, 0.05) is 35.7 Å². The SMILES string of the molecule is COc1ccccc1C1CC(=O)C2=C(C1)NC(C)=C(C(=O)OC1CCCCC1)C2. The van der Waals surface area contributed by atoms with Gasteiger partial charge in [0.25, 0.3) is 0 Å². The first-order valence-electron chi connectivity index (χ1n) is 10.6. The number of methoxy groups -OCH3 is 1. The summed E-state index contributed by atoms with van der Waals surface area (Å²) in [5.74, 6) is 0.723. The van der Waals surface area contributed by atoms with E-state index in [0.717, 1.165) is 60.4 Å². The molecule has 0 saturated heterocycles. The van der Waals surface area contributed by atoms with Crippen LogP contribution in [0.4, 0.5) is 0 Å². The molecule has 0 bridgehead atoms. The smallest absolute Gasteiger partial charge is 0.336 e. The van der Waals surface area contributed by atoms with E-state index in [1.807, 2.05) is 31.2 Å². The van der Waals surface area contributed by atoms with Crippen molar-refractivity contribution in [3.05, 3.63) is 52.4 Å². The lowest BCUT2D eigenvalue weighted by Gasteiger charge is -2.32. The summed E-state index contributed by atoms with van der Waals surface area (Å²) in [6, 6.07) is 7.88. The minimum atomic E-state index is -0.270. The van der Waals surface area contributed by atoms with Crippen LogP contribution in [0.5, 0.6) is 5.75 Å². The normalized spacial score (nSPS) is 22.8. The number of carbonyl (C=O) groups excluding carboxylic acids is 2. The highest BCUT2D eigenvalue weighted by molar-refractivity contribution is 6.01. The van der Waals surface area contributed by atoms with E-state index in [2.05, 4.69) is 5.32 Å². The van der Waals surface area contributed by atoms with Crippen molar-refractivity contribution in [3.8, 4) is 5.75 Å². The third-order valence-electron chi connectivity index (χ3n) is 6.38. The summed E-state index contributed by atoms with van der Waals surface area (Å²) in [5.41, 5.74) is 4.12. The van der Waals surface area contributed by atoms with Crippen molar-refractivity contribution in [2.24, 2.45) is 0 Å². The average molecular weight is 395 g/mol. The first kappa shape index (κ1) is 19.7. The van der Waals surface area contributed by atoms with Crippen LogP contribution in [0.2, 0.25) is 0 Å². The molecule has 1 fully saturated rings. The Bertz CT molecular complexity index is 877. The van der Waals surface area contributed by atoms with E-state index in [-0.39, 0.29) is 23.8 Å². The average Bonchev–Trinajstić information content (AvgIpc) is 2.73. The van der Waals surface area contributed by atoms with Gasteiger partial charge in [-0.25, -0.2) is 4.79 Å². The van der Waals surface area contributed by atoms with Crippen LogP contribution in [0.3, 0.4) is 0 Å². The van der Waals surface area contributed by atoms with E-state index >= 15 is 0 Å². The quantitative estimate of drug-likeness (QED) is 0.759. The van der Waals surface area contributed by atoms with Crippen molar-refractivity contribution in [2.75, 3.05) is 7.11 Å². The summed E-state index contributed by atoms with van der Waals surface area (Å²) in [5, 5.41) is 3.35. The Hall–Kier alpha value is -2.56. The highest BCUT2D eigenvalue weighted by Crippen LogP contribution is 2.41. The summed E-state index contributed by atoms with van der Waals surface area (Å²) >= 11 is 0. The van der Waals surface area contributed by atoms with E-state index in [9.17, 15) is 9.59 Å². The van der Waals surface area contributed by atoms with E-state index in [1.165, 1.54) is 6.42 Å². The van der Waals surface area contributed by atoms with Crippen molar-refractivity contribution in [1.82, 2.24) is 5.32 Å². The molecule has 0 spiro atoms. The summed E-state index contributed by atoms with van der Waals surface area (Å²) in [6.07, 6.45) is 6.90. The third kappa shape index (κ3) is 4.09.